The molecule has 1 aromatic carbocycles. The van der Waals surface area contributed by atoms with E-state index in [9.17, 15) is 0 Å². The van der Waals surface area contributed by atoms with E-state index in [1.807, 2.05) is 12.1 Å². The molecule has 1 aromatic heterocycles. The van der Waals surface area contributed by atoms with Crippen molar-refractivity contribution in [3.05, 3.63) is 34.1 Å². The summed E-state index contributed by atoms with van der Waals surface area (Å²) in [5.74, 6) is 1.82. The second kappa shape index (κ2) is 4.48. The third kappa shape index (κ3) is 1.87. The summed E-state index contributed by atoms with van der Waals surface area (Å²) in [6, 6.07) is 6.69. The molecule has 1 aliphatic rings. The molecule has 1 heterocycles. The van der Waals surface area contributed by atoms with Crippen LogP contribution < -0.4 is 5.73 Å². The van der Waals surface area contributed by atoms with Crippen molar-refractivity contribution in [2.24, 2.45) is 5.73 Å². The minimum absolute atomic E-state index is 0.441. The molecule has 0 amide bonds. The summed E-state index contributed by atoms with van der Waals surface area (Å²) in [5.41, 5.74) is 8.06. The van der Waals surface area contributed by atoms with Gasteiger partial charge in [0.05, 0.1) is 6.54 Å². The van der Waals surface area contributed by atoms with Crippen molar-refractivity contribution in [3.8, 4) is 11.4 Å². The Bertz CT molecular complexity index is 587. The van der Waals surface area contributed by atoms with Crippen molar-refractivity contribution in [2.45, 2.75) is 32.4 Å². The zero-order valence-electron chi connectivity index (χ0n) is 10.2. The molecule has 0 radical (unpaired) electrons. The molecule has 18 heavy (non-hydrogen) atoms. The number of hydrogen-bond acceptors (Lipinski definition) is 3. The van der Waals surface area contributed by atoms with E-state index < -0.39 is 0 Å². The summed E-state index contributed by atoms with van der Waals surface area (Å²) in [5, 5.41) is 8.55. The highest BCUT2D eigenvalue weighted by atomic mass is 79.9. The highest BCUT2D eigenvalue weighted by Crippen LogP contribution is 2.39. The van der Waals surface area contributed by atoms with E-state index in [-0.39, 0.29) is 0 Å². The van der Waals surface area contributed by atoms with E-state index in [0.717, 1.165) is 21.7 Å². The molecule has 4 nitrogen and oxygen atoms in total. The first kappa shape index (κ1) is 11.9. The molecule has 0 saturated heterocycles. The Morgan fingerprint density at radius 1 is 1.39 bits per heavy atom. The summed E-state index contributed by atoms with van der Waals surface area (Å²) in [6.07, 6.45) is 2.40. The van der Waals surface area contributed by atoms with Crippen molar-refractivity contribution >= 4 is 15.9 Å². The zero-order valence-corrected chi connectivity index (χ0v) is 11.8. The normalized spacial score (nSPS) is 15.1. The van der Waals surface area contributed by atoms with Gasteiger partial charge in [-0.2, -0.15) is 0 Å². The van der Waals surface area contributed by atoms with E-state index in [0.29, 0.717) is 12.6 Å². The fraction of sp³-hybridized carbons (Fsp3) is 0.385. The topological polar surface area (TPSA) is 56.7 Å². The summed E-state index contributed by atoms with van der Waals surface area (Å²) < 4.78 is 3.30. The van der Waals surface area contributed by atoms with Gasteiger partial charge in [-0.3, -0.25) is 0 Å². The van der Waals surface area contributed by atoms with Gasteiger partial charge in [-0.15, -0.1) is 10.2 Å². The molecule has 2 N–H and O–H groups in total. The van der Waals surface area contributed by atoms with Crippen LogP contribution in [0.2, 0.25) is 0 Å². The van der Waals surface area contributed by atoms with Crippen LogP contribution in [0, 0.1) is 6.92 Å². The lowest BCUT2D eigenvalue weighted by Crippen LogP contribution is -2.08. The number of hydrogen-bond donors (Lipinski definition) is 1. The van der Waals surface area contributed by atoms with Crippen LogP contribution in [-0.2, 0) is 6.54 Å². The van der Waals surface area contributed by atoms with Crippen LogP contribution in [-0.4, -0.2) is 14.8 Å². The quantitative estimate of drug-likeness (QED) is 0.948. The number of halogens is 1. The summed E-state index contributed by atoms with van der Waals surface area (Å²) in [6.45, 7) is 2.53. The number of aromatic nitrogens is 3. The van der Waals surface area contributed by atoms with Crippen LogP contribution in [0.4, 0.5) is 0 Å². The van der Waals surface area contributed by atoms with Gasteiger partial charge in [0.15, 0.2) is 5.82 Å². The molecule has 2 aromatic rings. The molecule has 0 aliphatic heterocycles. The van der Waals surface area contributed by atoms with Crippen molar-refractivity contribution in [1.82, 2.24) is 14.8 Å². The van der Waals surface area contributed by atoms with E-state index in [4.69, 9.17) is 5.73 Å². The average molecular weight is 307 g/mol. The van der Waals surface area contributed by atoms with Gasteiger partial charge in [-0.1, -0.05) is 28.1 Å². The fourth-order valence-electron chi connectivity index (χ4n) is 2.21. The molecule has 1 aliphatic carbocycles. The smallest absolute Gasteiger partial charge is 0.164 e. The Balaban J connectivity index is 2.17. The Morgan fingerprint density at radius 3 is 2.83 bits per heavy atom. The Morgan fingerprint density at radius 2 is 2.17 bits per heavy atom. The molecule has 0 spiro atoms. The van der Waals surface area contributed by atoms with Gasteiger partial charge in [0.2, 0.25) is 0 Å². The van der Waals surface area contributed by atoms with E-state index in [1.54, 1.807) is 0 Å². The monoisotopic (exact) mass is 306 g/mol. The van der Waals surface area contributed by atoms with Crippen LogP contribution in [0.25, 0.3) is 11.4 Å². The van der Waals surface area contributed by atoms with Crippen LogP contribution in [0.5, 0.6) is 0 Å². The molecule has 94 valence electrons. The molecule has 0 bridgehead atoms. The lowest BCUT2D eigenvalue weighted by Gasteiger charge is -2.10. The SMILES string of the molecule is Cc1c(Br)cccc1-c1nnc(CN)n1C1CC1. The molecule has 0 unspecified atom stereocenters. The lowest BCUT2D eigenvalue weighted by atomic mass is 10.1. The number of benzene rings is 1. The first-order valence-electron chi connectivity index (χ1n) is 6.11. The van der Waals surface area contributed by atoms with Crippen LogP contribution in [0.1, 0.15) is 30.3 Å². The maximum atomic E-state index is 5.74. The first-order chi connectivity index (χ1) is 8.72. The minimum Gasteiger partial charge on any atom is -0.324 e. The van der Waals surface area contributed by atoms with Gasteiger partial charge in [0.25, 0.3) is 0 Å². The van der Waals surface area contributed by atoms with Gasteiger partial charge >= 0.3 is 0 Å². The first-order valence-corrected chi connectivity index (χ1v) is 6.91. The molecule has 5 heteroatoms. The van der Waals surface area contributed by atoms with Crippen molar-refractivity contribution in [1.29, 1.82) is 0 Å². The van der Waals surface area contributed by atoms with Crippen molar-refractivity contribution in [3.63, 3.8) is 0 Å². The van der Waals surface area contributed by atoms with Crippen molar-refractivity contribution < 1.29 is 0 Å². The Labute approximate surface area is 114 Å². The third-order valence-corrected chi connectivity index (χ3v) is 4.23. The van der Waals surface area contributed by atoms with E-state index >= 15 is 0 Å². The van der Waals surface area contributed by atoms with E-state index in [2.05, 4.69) is 43.7 Å². The summed E-state index contributed by atoms with van der Waals surface area (Å²) in [7, 11) is 0. The van der Waals surface area contributed by atoms with Crippen molar-refractivity contribution in [2.75, 3.05) is 0 Å². The van der Waals surface area contributed by atoms with Crippen LogP contribution >= 0.6 is 15.9 Å². The summed E-state index contributed by atoms with van der Waals surface area (Å²) >= 11 is 3.56. The molecule has 1 fully saturated rings. The number of nitrogens with two attached hydrogens (primary N) is 1. The molecule has 3 rings (SSSR count). The second-order valence-corrected chi connectivity index (χ2v) is 5.51. The summed E-state index contributed by atoms with van der Waals surface area (Å²) in [4.78, 5) is 0. The predicted molar refractivity (Wildman–Crippen MR) is 74.1 cm³/mol. The van der Waals surface area contributed by atoms with Gasteiger partial charge in [-0.05, 0) is 31.4 Å². The maximum Gasteiger partial charge on any atom is 0.164 e. The Hall–Kier alpha value is -1.20. The van der Waals surface area contributed by atoms with Gasteiger partial charge < -0.3 is 10.3 Å². The number of rotatable bonds is 3. The zero-order chi connectivity index (χ0) is 12.7. The minimum atomic E-state index is 0.441. The third-order valence-electron chi connectivity index (χ3n) is 3.37. The van der Waals surface area contributed by atoms with Gasteiger partial charge in [-0.25, -0.2) is 0 Å². The average Bonchev–Trinajstić information content (AvgIpc) is 3.12. The highest BCUT2D eigenvalue weighted by Gasteiger charge is 2.29. The molecule has 0 atom stereocenters. The lowest BCUT2D eigenvalue weighted by molar-refractivity contribution is 0.687. The Kier molecular flexibility index (Phi) is 2.95. The van der Waals surface area contributed by atoms with Gasteiger partial charge in [0, 0.05) is 16.1 Å². The standard InChI is InChI=1S/C13H15BrN4/c1-8-10(3-2-4-11(8)14)13-17-16-12(7-15)18(13)9-5-6-9/h2-4,9H,5-7,15H2,1H3. The van der Waals surface area contributed by atoms with Crippen LogP contribution in [0.15, 0.2) is 22.7 Å². The van der Waals surface area contributed by atoms with E-state index in [1.165, 1.54) is 18.4 Å². The molecular weight excluding hydrogens is 292 g/mol. The molecular formula is C13H15BrN4. The fourth-order valence-corrected chi connectivity index (χ4v) is 2.58. The largest absolute Gasteiger partial charge is 0.324 e. The highest BCUT2D eigenvalue weighted by molar-refractivity contribution is 9.10. The molecule has 1 saturated carbocycles. The maximum absolute atomic E-state index is 5.74. The van der Waals surface area contributed by atoms with Crippen LogP contribution in [0.3, 0.4) is 0 Å². The number of nitrogens with zero attached hydrogens (tertiary/aromatic N) is 3. The second-order valence-electron chi connectivity index (χ2n) is 4.66. The predicted octanol–water partition coefficient (Wildman–Crippen LogP) is 2.81. The van der Waals surface area contributed by atoms with Gasteiger partial charge in [0.1, 0.15) is 5.82 Å².